The highest BCUT2D eigenvalue weighted by molar-refractivity contribution is 7.45. The largest absolute Gasteiger partial charge is 0.756 e. The van der Waals surface area contributed by atoms with Crippen LogP contribution >= 0.6 is 7.82 Å². The van der Waals surface area contributed by atoms with Crippen LogP contribution in [0.4, 0.5) is 0 Å². The molecule has 0 aromatic heterocycles. The minimum Gasteiger partial charge on any atom is -0.756 e. The fraction of sp³-hybridized carbons (Fsp3) is 0.890. The highest BCUT2D eigenvalue weighted by Gasteiger charge is 2.22. The van der Waals surface area contributed by atoms with E-state index in [9.17, 15) is 19.0 Å². The normalized spacial score (nSPS) is 13.3. The average molecular weight is 1190 g/mol. The number of hydrogen-bond acceptors (Lipinski definition) is 8. The number of rotatable bonds is 68. The summed E-state index contributed by atoms with van der Waals surface area (Å²) in [6, 6.07) is 0. The molecule has 0 N–H and O–H groups in total. The third-order valence-electron chi connectivity index (χ3n) is 16.4. The molecule has 0 spiro atoms. The Labute approximate surface area is 516 Å². The zero-order valence-corrected chi connectivity index (χ0v) is 56.8. The standard InChI is InChI=1S/C73H140NO8P/c1-6-8-10-12-14-16-18-20-22-24-26-27-28-29-30-31-32-33-34-35-36-37-38-39-40-41-42-43-44-45-46-47-48-50-51-53-55-57-59-61-63-65-72(75)79-69-71(70-81-83(77,78)80-68-67-74(3,4)5)82-73(76)66-64-62-60-58-56-54-52-49-25-23-21-19-17-15-13-11-9-7-2/h17,19,23-26,71H,6-16,18,20-22,27-70H2,1-5H3/b19-17-,25-23-,26-24-. The number of hydrogen-bond donors (Lipinski definition) is 0. The molecule has 0 aliphatic rings. The maximum absolute atomic E-state index is 12.8. The summed E-state index contributed by atoms with van der Waals surface area (Å²) in [7, 11) is 1.18. The second kappa shape index (κ2) is 64.7. The Morgan fingerprint density at radius 1 is 0.373 bits per heavy atom. The van der Waals surface area contributed by atoms with Gasteiger partial charge < -0.3 is 27.9 Å². The lowest BCUT2D eigenvalue weighted by atomic mass is 10.0. The number of nitrogens with zero attached hydrogens (tertiary/aromatic N) is 1. The molecular weight excluding hydrogens is 1050 g/mol. The lowest BCUT2D eigenvalue weighted by Crippen LogP contribution is -2.37. The molecule has 0 saturated carbocycles. The number of quaternary nitrogens is 1. The molecule has 0 bridgehead atoms. The smallest absolute Gasteiger partial charge is 0.306 e. The van der Waals surface area contributed by atoms with E-state index in [2.05, 4.69) is 50.3 Å². The number of esters is 2. The van der Waals surface area contributed by atoms with Crippen LogP contribution < -0.4 is 4.89 Å². The number of allylic oxidation sites excluding steroid dienone is 6. The number of ether oxygens (including phenoxy) is 2. The summed E-state index contributed by atoms with van der Waals surface area (Å²) in [5.41, 5.74) is 0. The predicted molar refractivity (Wildman–Crippen MR) is 356 cm³/mol. The van der Waals surface area contributed by atoms with Crippen molar-refractivity contribution >= 4 is 19.8 Å². The van der Waals surface area contributed by atoms with Crippen molar-refractivity contribution in [2.24, 2.45) is 0 Å². The summed E-state index contributed by atoms with van der Waals surface area (Å²) >= 11 is 0. The summed E-state index contributed by atoms with van der Waals surface area (Å²) in [6.07, 6.45) is 82.6. The number of carbonyl (C=O) groups is 2. The van der Waals surface area contributed by atoms with E-state index in [-0.39, 0.29) is 32.0 Å². The molecule has 2 unspecified atom stereocenters. The van der Waals surface area contributed by atoms with Crippen LogP contribution in [0.5, 0.6) is 0 Å². The Morgan fingerprint density at radius 2 is 0.651 bits per heavy atom. The monoisotopic (exact) mass is 1190 g/mol. The highest BCUT2D eigenvalue weighted by atomic mass is 31.2. The van der Waals surface area contributed by atoms with Gasteiger partial charge in [-0.1, -0.05) is 320 Å². The maximum atomic E-state index is 12.8. The molecule has 0 saturated heterocycles. The number of carbonyl (C=O) groups excluding carboxylic acids is 2. The fourth-order valence-electron chi connectivity index (χ4n) is 10.8. The minimum absolute atomic E-state index is 0.0306. The van der Waals surface area contributed by atoms with Gasteiger partial charge in [-0.2, -0.15) is 0 Å². The van der Waals surface area contributed by atoms with Crippen molar-refractivity contribution < 1.29 is 42.1 Å². The number of unbranched alkanes of at least 4 members (excludes halogenated alkanes) is 48. The topological polar surface area (TPSA) is 111 Å². The summed E-state index contributed by atoms with van der Waals surface area (Å²) < 4.78 is 34.3. The van der Waals surface area contributed by atoms with E-state index in [0.717, 1.165) is 51.4 Å². The molecule has 0 rings (SSSR count). The van der Waals surface area contributed by atoms with Gasteiger partial charge in [0.1, 0.15) is 19.8 Å². The van der Waals surface area contributed by atoms with E-state index in [0.29, 0.717) is 17.4 Å². The zero-order valence-electron chi connectivity index (χ0n) is 55.9. The first-order valence-electron chi connectivity index (χ1n) is 36.2. The molecule has 0 aliphatic carbocycles. The summed E-state index contributed by atoms with van der Waals surface area (Å²) in [5, 5.41) is 0. The Balaban J connectivity index is 3.84. The predicted octanol–water partition coefficient (Wildman–Crippen LogP) is 22.8. The molecule has 9 nitrogen and oxygen atoms in total. The summed E-state index contributed by atoms with van der Waals surface area (Å²) in [6.45, 7) is 4.27. The van der Waals surface area contributed by atoms with Crippen LogP contribution in [-0.4, -0.2) is 70.0 Å². The molecule has 0 amide bonds. The van der Waals surface area contributed by atoms with Gasteiger partial charge in [-0.05, 0) is 70.6 Å². The van der Waals surface area contributed by atoms with Crippen molar-refractivity contribution in [3.63, 3.8) is 0 Å². The Hall–Kier alpha value is -1.77. The molecular formula is C73H140NO8P. The van der Waals surface area contributed by atoms with Crippen molar-refractivity contribution in [3.05, 3.63) is 36.5 Å². The quantitative estimate of drug-likeness (QED) is 0.0195. The van der Waals surface area contributed by atoms with E-state index < -0.39 is 26.5 Å². The van der Waals surface area contributed by atoms with Gasteiger partial charge in [0.2, 0.25) is 0 Å². The fourth-order valence-corrected chi connectivity index (χ4v) is 11.5. The van der Waals surface area contributed by atoms with E-state index >= 15 is 0 Å². The molecule has 83 heavy (non-hydrogen) atoms. The van der Waals surface area contributed by atoms with Crippen LogP contribution in [0, 0.1) is 0 Å². The second-order valence-electron chi connectivity index (χ2n) is 26.0. The number of phosphoric ester groups is 1. The lowest BCUT2D eigenvalue weighted by Gasteiger charge is -2.28. The van der Waals surface area contributed by atoms with E-state index in [4.69, 9.17) is 18.5 Å². The van der Waals surface area contributed by atoms with Crippen molar-refractivity contribution in [2.45, 2.75) is 373 Å². The van der Waals surface area contributed by atoms with Crippen LogP contribution in [0.2, 0.25) is 0 Å². The minimum atomic E-state index is -4.64. The molecule has 0 aliphatic heterocycles. The van der Waals surface area contributed by atoms with E-state index in [1.54, 1.807) is 0 Å². The van der Waals surface area contributed by atoms with Gasteiger partial charge in [0.25, 0.3) is 7.82 Å². The van der Waals surface area contributed by atoms with Crippen molar-refractivity contribution in [1.82, 2.24) is 0 Å². The van der Waals surface area contributed by atoms with Crippen LogP contribution in [-0.2, 0) is 32.7 Å². The third kappa shape index (κ3) is 69.2. The van der Waals surface area contributed by atoms with Gasteiger partial charge in [0, 0.05) is 12.8 Å². The summed E-state index contributed by atoms with van der Waals surface area (Å²) in [5.74, 6) is -0.825. The Bertz CT molecular complexity index is 1490. The Kier molecular flexibility index (Phi) is 63.3. The molecule has 10 heteroatoms. The molecule has 0 radical (unpaired) electrons. The Morgan fingerprint density at radius 3 is 0.976 bits per heavy atom. The van der Waals surface area contributed by atoms with Crippen LogP contribution in [0.25, 0.3) is 0 Å². The summed E-state index contributed by atoms with van der Waals surface area (Å²) in [4.78, 5) is 38.0. The van der Waals surface area contributed by atoms with Crippen molar-refractivity contribution in [1.29, 1.82) is 0 Å². The van der Waals surface area contributed by atoms with Crippen molar-refractivity contribution in [2.75, 3.05) is 47.5 Å². The average Bonchev–Trinajstić information content (AvgIpc) is 3.49. The molecule has 0 aromatic rings. The SMILES string of the molecule is CCCCCC/C=C\C/C=C\CCCCCCCCCC(=O)OC(COC(=O)CCCCCCCCCCCCCCCCCCCCCCCCCCCCCCC/C=C\CCCCCCCCCC)COP(=O)([O-])OCC[N+](C)(C)C. The van der Waals surface area contributed by atoms with Gasteiger partial charge in [-0.15, -0.1) is 0 Å². The third-order valence-corrected chi connectivity index (χ3v) is 17.3. The molecule has 0 heterocycles. The van der Waals surface area contributed by atoms with Gasteiger partial charge >= 0.3 is 11.9 Å². The second-order valence-corrected chi connectivity index (χ2v) is 27.4. The van der Waals surface area contributed by atoms with Gasteiger partial charge in [-0.3, -0.25) is 14.2 Å². The first-order valence-corrected chi connectivity index (χ1v) is 37.7. The van der Waals surface area contributed by atoms with Crippen LogP contribution in [0.1, 0.15) is 367 Å². The highest BCUT2D eigenvalue weighted by Crippen LogP contribution is 2.38. The van der Waals surface area contributed by atoms with E-state index in [1.165, 1.54) is 283 Å². The van der Waals surface area contributed by atoms with Crippen molar-refractivity contribution in [3.8, 4) is 0 Å². The zero-order chi connectivity index (χ0) is 60.5. The number of likely N-dealkylation sites (N-methyl/N-ethyl adjacent to an activating group) is 1. The van der Waals surface area contributed by atoms with Crippen LogP contribution in [0.3, 0.4) is 0 Å². The van der Waals surface area contributed by atoms with Gasteiger partial charge in [0.15, 0.2) is 6.10 Å². The maximum Gasteiger partial charge on any atom is 0.306 e. The van der Waals surface area contributed by atoms with Crippen LogP contribution in [0.15, 0.2) is 36.5 Å². The lowest BCUT2D eigenvalue weighted by molar-refractivity contribution is -0.870. The van der Waals surface area contributed by atoms with Gasteiger partial charge in [-0.25, -0.2) is 0 Å². The first-order chi connectivity index (χ1) is 40.5. The number of phosphoric acid groups is 1. The first kappa shape index (κ1) is 81.2. The molecule has 490 valence electrons. The molecule has 0 fully saturated rings. The van der Waals surface area contributed by atoms with E-state index in [1.807, 2.05) is 21.1 Å². The molecule has 2 atom stereocenters. The van der Waals surface area contributed by atoms with Gasteiger partial charge in [0.05, 0.1) is 27.7 Å². The molecule has 0 aromatic carbocycles.